The molecule has 3 aromatic rings. The lowest BCUT2D eigenvalue weighted by Crippen LogP contribution is -2.17. The molecule has 0 saturated heterocycles. The number of hydrogen-bond donors (Lipinski definition) is 2. The Balaban J connectivity index is 1.79. The maximum atomic E-state index is 12.4. The Hall–Kier alpha value is -3.54. The number of aromatic hydroxyl groups is 1. The van der Waals surface area contributed by atoms with Crippen LogP contribution < -0.4 is 14.9 Å². The molecule has 3 rings (SSSR count). The second-order valence-corrected chi connectivity index (χ2v) is 5.75. The van der Waals surface area contributed by atoms with Gasteiger partial charge in [0.1, 0.15) is 17.2 Å². The number of amides is 1. The maximum Gasteiger partial charge on any atom is 0.275 e. The zero-order valence-electron chi connectivity index (χ0n) is 15.1. The van der Waals surface area contributed by atoms with Crippen LogP contribution in [0.25, 0.3) is 10.8 Å². The van der Waals surface area contributed by atoms with E-state index in [0.717, 1.165) is 10.8 Å². The van der Waals surface area contributed by atoms with Crippen LogP contribution in [0.15, 0.2) is 59.7 Å². The molecule has 3 aromatic carbocycles. The highest BCUT2D eigenvalue weighted by molar-refractivity contribution is 6.01. The van der Waals surface area contributed by atoms with Crippen molar-refractivity contribution in [2.45, 2.75) is 6.92 Å². The van der Waals surface area contributed by atoms with Gasteiger partial charge < -0.3 is 14.6 Å². The number of hydrogen-bond acceptors (Lipinski definition) is 5. The van der Waals surface area contributed by atoms with Gasteiger partial charge in [-0.2, -0.15) is 5.10 Å². The van der Waals surface area contributed by atoms with Crippen LogP contribution in [0.3, 0.4) is 0 Å². The predicted molar refractivity (Wildman–Crippen MR) is 105 cm³/mol. The first-order chi connectivity index (χ1) is 13.1. The lowest BCUT2D eigenvalue weighted by molar-refractivity contribution is 0.0952. The van der Waals surface area contributed by atoms with E-state index < -0.39 is 5.91 Å². The summed E-state index contributed by atoms with van der Waals surface area (Å²) in [5.74, 6) is 0.676. The molecule has 0 heterocycles. The third-order valence-corrected chi connectivity index (χ3v) is 3.99. The molecule has 0 fully saturated rings. The van der Waals surface area contributed by atoms with Crippen LogP contribution in [0.1, 0.15) is 22.8 Å². The first-order valence-electron chi connectivity index (χ1n) is 8.48. The fourth-order valence-electron chi connectivity index (χ4n) is 2.70. The number of hydrazone groups is 1. The van der Waals surface area contributed by atoms with E-state index in [9.17, 15) is 9.90 Å². The first-order valence-corrected chi connectivity index (χ1v) is 8.48. The highest BCUT2D eigenvalue weighted by atomic mass is 16.5. The molecule has 0 aliphatic carbocycles. The Bertz CT molecular complexity index is 999. The van der Waals surface area contributed by atoms with Gasteiger partial charge in [-0.1, -0.05) is 24.3 Å². The van der Waals surface area contributed by atoms with Gasteiger partial charge >= 0.3 is 0 Å². The Labute approximate surface area is 157 Å². The van der Waals surface area contributed by atoms with E-state index in [4.69, 9.17) is 9.47 Å². The lowest BCUT2D eigenvalue weighted by atomic mass is 10.1. The molecule has 0 spiro atoms. The van der Waals surface area contributed by atoms with Gasteiger partial charge in [-0.15, -0.1) is 0 Å². The first kappa shape index (κ1) is 18.3. The molecule has 138 valence electrons. The second kappa shape index (κ2) is 8.23. The predicted octanol–water partition coefficient (Wildman–Crippen LogP) is 3.72. The Morgan fingerprint density at radius 3 is 2.59 bits per heavy atom. The summed E-state index contributed by atoms with van der Waals surface area (Å²) in [7, 11) is 1.55. The zero-order valence-corrected chi connectivity index (χ0v) is 15.1. The maximum absolute atomic E-state index is 12.4. The highest BCUT2D eigenvalue weighted by Gasteiger charge is 2.12. The van der Waals surface area contributed by atoms with Gasteiger partial charge in [0.15, 0.2) is 0 Å². The summed E-state index contributed by atoms with van der Waals surface area (Å²) in [5.41, 5.74) is 3.24. The van der Waals surface area contributed by atoms with E-state index >= 15 is 0 Å². The summed E-state index contributed by atoms with van der Waals surface area (Å²) in [6.45, 7) is 2.44. The third-order valence-electron chi connectivity index (χ3n) is 3.99. The number of fused-ring (bicyclic) bond motifs is 1. The van der Waals surface area contributed by atoms with E-state index in [1.165, 1.54) is 6.21 Å². The third kappa shape index (κ3) is 4.17. The fourth-order valence-corrected chi connectivity index (χ4v) is 2.70. The SMILES string of the molecule is CCOc1ccc(OC)c(/C=N\NC(=O)c2cc3ccccc3cc2O)c1. The number of nitrogens with zero attached hydrogens (tertiary/aromatic N) is 1. The van der Waals surface area contributed by atoms with Crippen molar-refractivity contribution >= 4 is 22.9 Å². The number of carbonyl (C=O) groups excluding carboxylic acids is 1. The number of ether oxygens (including phenoxy) is 2. The number of rotatable bonds is 6. The molecule has 1 amide bonds. The van der Waals surface area contributed by atoms with Crippen LogP contribution >= 0.6 is 0 Å². The van der Waals surface area contributed by atoms with Gasteiger partial charge in [0.25, 0.3) is 5.91 Å². The smallest absolute Gasteiger partial charge is 0.275 e. The minimum absolute atomic E-state index is 0.0997. The van der Waals surface area contributed by atoms with E-state index in [2.05, 4.69) is 10.5 Å². The molecular weight excluding hydrogens is 344 g/mol. The molecule has 0 aliphatic heterocycles. The van der Waals surface area contributed by atoms with Gasteiger partial charge in [-0.25, -0.2) is 5.43 Å². The molecule has 0 saturated carbocycles. The van der Waals surface area contributed by atoms with Crippen LogP contribution in [0.4, 0.5) is 0 Å². The quantitative estimate of drug-likeness (QED) is 0.516. The average molecular weight is 364 g/mol. The van der Waals surface area contributed by atoms with Gasteiger partial charge in [0.2, 0.25) is 0 Å². The topological polar surface area (TPSA) is 80.2 Å². The van der Waals surface area contributed by atoms with Gasteiger partial charge in [0, 0.05) is 5.56 Å². The molecule has 0 unspecified atom stereocenters. The van der Waals surface area contributed by atoms with Crippen LogP contribution in [0.5, 0.6) is 17.2 Å². The molecule has 0 aliphatic rings. The van der Waals surface area contributed by atoms with E-state index in [1.807, 2.05) is 31.2 Å². The highest BCUT2D eigenvalue weighted by Crippen LogP contribution is 2.25. The number of benzene rings is 3. The molecular formula is C21H20N2O4. The van der Waals surface area contributed by atoms with Crippen molar-refractivity contribution in [3.8, 4) is 17.2 Å². The van der Waals surface area contributed by atoms with Crippen molar-refractivity contribution in [3.63, 3.8) is 0 Å². The standard InChI is InChI=1S/C21H20N2O4/c1-3-27-17-8-9-20(26-2)16(10-17)13-22-23-21(25)18-11-14-6-4-5-7-15(14)12-19(18)24/h4-13,24H,3H2,1-2H3,(H,23,25)/b22-13-. The summed E-state index contributed by atoms with van der Waals surface area (Å²) < 4.78 is 10.8. The van der Waals surface area contributed by atoms with Crippen LogP contribution in [-0.2, 0) is 0 Å². The largest absolute Gasteiger partial charge is 0.507 e. The molecule has 6 heteroatoms. The second-order valence-electron chi connectivity index (χ2n) is 5.75. The summed E-state index contributed by atoms with van der Waals surface area (Å²) in [6.07, 6.45) is 1.47. The number of carbonyl (C=O) groups is 1. The van der Waals surface area contributed by atoms with Crippen molar-refractivity contribution in [2.75, 3.05) is 13.7 Å². The van der Waals surface area contributed by atoms with Crippen molar-refractivity contribution < 1.29 is 19.4 Å². The normalized spacial score (nSPS) is 10.9. The van der Waals surface area contributed by atoms with E-state index in [1.54, 1.807) is 37.4 Å². The minimum Gasteiger partial charge on any atom is -0.507 e. The number of phenolic OH excluding ortho intramolecular Hbond substituents is 1. The van der Waals surface area contributed by atoms with Gasteiger partial charge in [0.05, 0.1) is 25.5 Å². The molecule has 0 bridgehead atoms. The zero-order chi connectivity index (χ0) is 19.2. The molecule has 0 aromatic heterocycles. The summed E-state index contributed by atoms with van der Waals surface area (Å²) in [5, 5.41) is 15.8. The van der Waals surface area contributed by atoms with Crippen LogP contribution in [-0.4, -0.2) is 30.9 Å². The molecule has 0 radical (unpaired) electrons. The summed E-state index contributed by atoms with van der Waals surface area (Å²) >= 11 is 0. The minimum atomic E-state index is -0.505. The number of phenols is 1. The Morgan fingerprint density at radius 1 is 1.15 bits per heavy atom. The lowest BCUT2D eigenvalue weighted by Gasteiger charge is -2.08. The van der Waals surface area contributed by atoms with Crippen LogP contribution in [0.2, 0.25) is 0 Å². The summed E-state index contributed by atoms with van der Waals surface area (Å²) in [4.78, 5) is 12.4. The average Bonchev–Trinajstić information content (AvgIpc) is 2.68. The molecule has 6 nitrogen and oxygen atoms in total. The van der Waals surface area contributed by atoms with E-state index in [-0.39, 0.29) is 11.3 Å². The Morgan fingerprint density at radius 2 is 1.89 bits per heavy atom. The van der Waals surface area contributed by atoms with Crippen molar-refractivity contribution in [1.29, 1.82) is 0 Å². The van der Waals surface area contributed by atoms with Crippen molar-refractivity contribution in [2.24, 2.45) is 5.10 Å². The number of methoxy groups -OCH3 is 1. The van der Waals surface area contributed by atoms with Crippen LogP contribution in [0, 0.1) is 0 Å². The molecule has 0 atom stereocenters. The molecule has 2 N–H and O–H groups in total. The Kier molecular flexibility index (Phi) is 5.56. The van der Waals surface area contributed by atoms with E-state index in [0.29, 0.717) is 23.7 Å². The van der Waals surface area contributed by atoms with Crippen molar-refractivity contribution in [1.82, 2.24) is 5.43 Å². The molecule has 27 heavy (non-hydrogen) atoms. The van der Waals surface area contributed by atoms with Gasteiger partial charge in [-0.05, 0) is 48.0 Å². The van der Waals surface area contributed by atoms with Crippen molar-refractivity contribution in [3.05, 3.63) is 65.7 Å². The summed E-state index contributed by atoms with van der Waals surface area (Å²) in [6, 6.07) is 16.0. The number of nitrogens with one attached hydrogen (secondary N) is 1. The fraction of sp³-hybridized carbons (Fsp3) is 0.143. The monoisotopic (exact) mass is 364 g/mol. The van der Waals surface area contributed by atoms with Gasteiger partial charge in [-0.3, -0.25) is 4.79 Å².